The lowest BCUT2D eigenvalue weighted by Crippen LogP contribution is -2.26. The van der Waals surface area contributed by atoms with Crippen molar-refractivity contribution in [3.8, 4) is 0 Å². The molecule has 2 aromatic rings. The van der Waals surface area contributed by atoms with Gasteiger partial charge in [-0.15, -0.1) is 0 Å². The van der Waals surface area contributed by atoms with Crippen molar-refractivity contribution < 1.29 is 0 Å². The van der Waals surface area contributed by atoms with Gasteiger partial charge >= 0.3 is 0 Å². The number of nitrogens with one attached hydrogen (secondary N) is 1. The van der Waals surface area contributed by atoms with Crippen molar-refractivity contribution in [2.24, 2.45) is 0 Å². The first-order valence-electron chi connectivity index (χ1n) is 6.62. The molecule has 2 rings (SSSR count). The number of pyridine rings is 1. The Morgan fingerprint density at radius 1 is 1.16 bits per heavy atom. The van der Waals surface area contributed by atoms with Gasteiger partial charge in [0.05, 0.1) is 0 Å². The smallest absolute Gasteiger partial charge is 0.0450 e. The lowest BCUT2D eigenvalue weighted by molar-refractivity contribution is 0.472. The van der Waals surface area contributed by atoms with E-state index in [4.69, 9.17) is 0 Å². The van der Waals surface area contributed by atoms with Gasteiger partial charge in [0.25, 0.3) is 0 Å². The van der Waals surface area contributed by atoms with Crippen LogP contribution in [0.15, 0.2) is 48.7 Å². The average Bonchev–Trinajstić information content (AvgIpc) is 2.46. The highest BCUT2D eigenvalue weighted by Crippen LogP contribution is 2.29. The molecule has 0 saturated carbocycles. The summed E-state index contributed by atoms with van der Waals surface area (Å²) in [6.07, 6.45) is 1.86. The summed E-state index contributed by atoms with van der Waals surface area (Å²) < 4.78 is 1.27. The summed E-state index contributed by atoms with van der Waals surface area (Å²) >= 11 is 2.34. The first-order valence-corrected chi connectivity index (χ1v) is 7.70. The van der Waals surface area contributed by atoms with Crippen molar-refractivity contribution in [3.05, 3.63) is 63.5 Å². The van der Waals surface area contributed by atoms with Gasteiger partial charge in [0, 0.05) is 27.4 Å². The Balaban J connectivity index is 2.27. The maximum Gasteiger partial charge on any atom is 0.0450 e. The molecule has 0 bridgehead atoms. The second kappa shape index (κ2) is 7.01. The van der Waals surface area contributed by atoms with E-state index in [0.717, 1.165) is 12.2 Å². The first kappa shape index (κ1) is 14.5. The van der Waals surface area contributed by atoms with Crippen molar-refractivity contribution in [2.75, 3.05) is 6.54 Å². The fourth-order valence-electron chi connectivity index (χ4n) is 2.29. The summed E-state index contributed by atoms with van der Waals surface area (Å²) in [5.74, 6) is 0.348. The van der Waals surface area contributed by atoms with Gasteiger partial charge < -0.3 is 5.32 Å². The van der Waals surface area contributed by atoms with E-state index in [0.29, 0.717) is 12.0 Å². The van der Waals surface area contributed by atoms with Gasteiger partial charge in [-0.2, -0.15) is 0 Å². The van der Waals surface area contributed by atoms with Crippen LogP contribution >= 0.6 is 22.6 Å². The summed E-state index contributed by atoms with van der Waals surface area (Å²) in [6, 6.07) is 15.1. The maximum absolute atomic E-state index is 4.48. The molecule has 0 saturated heterocycles. The average molecular weight is 366 g/mol. The standard InChI is InChI=1S/C16H19IN2/c1-3-18-16(13-7-9-14(17)10-8-13)12(2)15-6-4-5-11-19-15/h4-12,16,18H,3H2,1-2H3. The second-order valence-corrected chi connectivity index (χ2v) is 5.88. The number of nitrogens with zero attached hydrogens (tertiary/aromatic N) is 1. The Morgan fingerprint density at radius 3 is 2.47 bits per heavy atom. The molecular weight excluding hydrogens is 347 g/mol. The van der Waals surface area contributed by atoms with E-state index in [2.05, 4.69) is 83.1 Å². The Morgan fingerprint density at radius 2 is 1.89 bits per heavy atom. The molecule has 1 heterocycles. The molecule has 0 spiro atoms. The number of rotatable bonds is 5. The fraction of sp³-hybridized carbons (Fsp3) is 0.312. The van der Waals surface area contributed by atoms with Crippen molar-refractivity contribution in [2.45, 2.75) is 25.8 Å². The quantitative estimate of drug-likeness (QED) is 0.805. The minimum absolute atomic E-state index is 0.303. The van der Waals surface area contributed by atoms with Crippen LogP contribution in [0.5, 0.6) is 0 Å². The molecule has 1 N–H and O–H groups in total. The van der Waals surface area contributed by atoms with Crippen LogP contribution in [0.1, 0.15) is 37.1 Å². The van der Waals surface area contributed by atoms with Crippen LogP contribution in [-0.2, 0) is 0 Å². The fourth-order valence-corrected chi connectivity index (χ4v) is 2.65. The van der Waals surface area contributed by atoms with Crippen LogP contribution in [0.3, 0.4) is 0 Å². The van der Waals surface area contributed by atoms with E-state index in [1.54, 1.807) is 0 Å². The molecule has 0 aliphatic carbocycles. The highest BCUT2D eigenvalue weighted by atomic mass is 127. The van der Waals surface area contributed by atoms with Gasteiger partial charge in [-0.1, -0.05) is 32.0 Å². The minimum atomic E-state index is 0.303. The number of halogens is 1. The summed E-state index contributed by atoms with van der Waals surface area (Å²) in [5.41, 5.74) is 2.45. The van der Waals surface area contributed by atoms with E-state index < -0.39 is 0 Å². The number of hydrogen-bond donors (Lipinski definition) is 1. The Kier molecular flexibility index (Phi) is 5.34. The predicted molar refractivity (Wildman–Crippen MR) is 88.2 cm³/mol. The van der Waals surface area contributed by atoms with Crippen LogP contribution in [0.4, 0.5) is 0 Å². The Bertz CT molecular complexity index is 496. The molecule has 3 heteroatoms. The molecule has 0 fully saturated rings. The SMILES string of the molecule is CCNC(c1ccc(I)cc1)C(C)c1ccccn1. The van der Waals surface area contributed by atoms with Gasteiger partial charge in [-0.25, -0.2) is 0 Å². The lowest BCUT2D eigenvalue weighted by Gasteiger charge is -2.25. The molecule has 2 atom stereocenters. The third kappa shape index (κ3) is 3.76. The first-order chi connectivity index (χ1) is 9.22. The molecule has 1 aromatic carbocycles. The van der Waals surface area contributed by atoms with Crippen LogP contribution in [0, 0.1) is 3.57 Å². The van der Waals surface area contributed by atoms with Crippen molar-refractivity contribution in [1.82, 2.24) is 10.3 Å². The zero-order valence-corrected chi connectivity index (χ0v) is 13.5. The minimum Gasteiger partial charge on any atom is -0.310 e. The summed E-state index contributed by atoms with van der Waals surface area (Å²) in [7, 11) is 0. The monoisotopic (exact) mass is 366 g/mol. The van der Waals surface area contributed by atoms with Gasteiger partial charge in [0.15, 0.2) is 0 Å². The van der Waals surface area contributed by atoms with Crippen molar-refractivity contribution >= 4 is 22.6 Å². The molecule has 1 aromatic heterocycles. The van der Waals surface area contributed by atoms with Gasteiger partial charge in [-0.05, 0) is 59.0 Å². The molecule has 0 amide bonds. The van der Waals surface area contributed by atoms with Gasteiger partial charge in [-0.3, -0.25) is 4.98 Å². The van der Waals surface area contributed by atoms with Crippen LogP contribution < -0.4 is 5.32 Å². The topological polar surface area (TPSA) is 24.9 Å². The van der Waals surface area contributed by atoms with Gasteiger partial charge in [0.1, 0.15) is 0 Å². The van der Waals surface area contributed by atoms with Crippen LogP contribution in [0.2, 0.25) is 0 Å². The van der Waals surface area contributed by atoms with E-state index in [1.807, 2.05) is 12.3 Å². The molecule has 0 aliphatic rings. The van der Waals surface area contributed by atoms with E-state index in [9.17, 15) is 0 Å². The number of benzene rings is 1. The largest absolute Gasteiger partial charge is 0.310 e. The molecule has 100 valence electrons. The lowest BCUT2D eigenvalue weighted by atomic mass is 9.91. The van der Waals surface area contributed by atoms with Gasteiger partial charge in [0.2, 0.25) is 0 Å². The third-order valence-corrected chi connectivity index (χ3v) is 4.03. The third-order valence-electron chi connectivity index (χ3n) is 3.31. The highest BCUT2D eigenvalue weighted by Gasteiger charge is 2.20. The van der Waals surface area contributed by atoms with Crippen LogP contribution in [-0.4, -0.2) is 11.5 Å². The second-order valence-electron chi connectivity index (χ2n) is 4.63. The Hall–Kier alpha value is -0.940. The molecule has 2 unspecified atom stereocenters. The van der Waals surface area contributed by atoms with E-state index in [-0.39, 0.29) is 0 Å². The predicted octanol–water partition coefficient (Wildman–Crippen LogP) is 4.14. The highest BCUT2D eigenvalue weighted by molar-refractivity contribution is 14.1. The van der Waals surface area contributed by atoms with Crippen LogP contribution in [0.25, 0.3) is 0 Å². The summed E-state index contributed by atoms with van der Waals surface area (Å²) in [4.78, 5) is 4.48. The molecular formula is C16H19IN2. The van der Waals surface area contributed by atoms with E-state index >= 15 is 0 Å². The summed E-state index contributed by atoms with van der Waals surface area (Å²) in [6.45, 7) is 5.33. The Labute approximate surface area is 128 Å². The number of hydrogen-bond acceptors (Lipinski definition) is 2. The molecule has 0 aliphatic heterocycles. The maximum atomic E-state index is 4.48. The zero-order chi connectivity index (χ0) is 13.7. The zero-order valence-electron chi connectivity index (χ0n) is 11.3. The number of aromatic nitrogens is 1. The molecule has 2 nitrogen and oxygen atoms in total. The van der Waals surface area contributed by atoms with E-state index in [1.165, 1.54) is 9.13 Å². The van der Waals surface area contributed by atoms with Crippen molar-refractivity contribution in [1.29, 1.82) is 0 Å². The molecule has 19 heavy (non-hydrogen) atoms. The number of likely N-dealkylation sites (N-methyl/N-ethyl adjacent to an activating group) is 1. The normalized spacial score (nSPS) is 14.1. The van der Waals surface area contributed by atoms with Crippen molar-refractivity contribution in [3.63, 3.8) is 0 Å². The summed E-state index contributed by atoms with van der Waals surface area (Å²) in [5, 5.41) is 3.57. The molecule has 0 radical (unpaired) electrons.